The fourth-order valence-corrected chi connectivity index (χ4v) is 14.4. The molecule has 9 rings (SSSR count). The standard InChI is InChI=1S/C62H104N4O46/c1-14(74)63-27-36(83)48(21(8-70)98-54(27)95)107-56-29(65-16(3)76)38(85)51(24(11-73)103-56)110-61-47(94)52(111-62-53(43(90)33(80)20(7-69)101-62)112-57-30(66-17(4)77)39(86)50(23(10-72)104-57)109-60-46(93)41(88)32(79)19(6-68)100-60)35(82)26(106-61)13-97-58-44(91)42(89)34(81)25(105-58)12-96-55-28(64-15(2)75)37(84)49(22(9-71)102-55)108-59-45(92)40(87)31(78)18(5-67)99-59/h18-62,67-73,78-95H,5-13H2,1-4H3,(H,63,74)(H,64,75)(H,65,76)(H,66,77)/t18-,19-,20-,21-,22-,23-,24-,25-,26-,27-,28-,29-,30-,31+,32+,33-,34-,35-,36-,37-,38-,39-,40+,41+,42+,43+,44+,45-,46-,47+,48-,49-,50-,51-,52+,53+,54?,55-,56+,57+,58+,59+,60+,61+,62-/m1/s1. The fourth-order valence-electron chi connectivity index (χ4n) is 14.4. The van der Waals surface area contributed by atoms with Crippen molar-refractivity contribution in [1.82, 2.24) is 21.3 Å². The van der Waals surface area contributed by atoms with Crippen LogP contribution < -0.4 is 21.3 Å². The van der Waals surface area contributed by atoms with Gasteiger partial charge in [-0.1, -0.05) is 0 Å². The van der Waals surface area contributed by atoms with E-state index in [0.29, 0.717) is 0 Å². The number of rotatable bonds is 29. The van der Waals surface area contributed by atoms with Crippen LogP contribution in [0.25, 0.3) is 0 Å². The maximum absolute atomic E-state index is 12.9. The summed E-state index contributed by atoms with van der Waals surface area (Å²) in [6.45, 7) is -5.54. The molecule has 648 valence electrons. The summed E-state index contributed by atoms with van der Waals surface area (Å²) in [7, 11) is 0. The third-order valence-corrected chi connectivity index (χ3v) is 20.3. The smallest absolute Gasteiger partial charge is 0.217 e. The van der Waals surface area contributed by atoms with Gasteiger partial charge in [0.1, 0.15) is 219 Å². The summed E-state index contributed by atoms with van der Waals surface area (Å²) < 4.78 is 99.7. The lowest BCUT2D eigenvalue weighted by Gasteiger charge is -2.51. The Morgan fingerprint density at radius 3 is 0.893 bits per heavy atom. The van der Waals surface area contributed by atoms with Crippen LogP contribution in [0.2, 0.25) is 0 Å². The van der Waals surface area contributed by atoms with Gasteiger partial charge in [-0.3, -0.25) is 19.2 Å². The van der Waals surface area contributed by atoms with E-state index in [4.69, 9.17) is 80.5 Å². The maximum Gasteiger partial charge on any atom is 0.217 e. The summed E-state index contributed by atoms with van der Waals surface area (Å²) in [6, 6.07) is -7.19. The van der Waals surface area contributed by atoms with Crippen LogP contribution in [0.5, 0.6) is 0 Å². The van der Waals surface area contributed by atoms with Crippen LogP contribution in [0.15, 0.2) is 0 Å². The molecule has 9 heterocycles. The first-order valence-corrected chi connectivity index (χ1v) is 35.6. The first kappa shape index (κ1) is 92.1. The van der Waals surface area contributed by atoms with Crippen LogP contribution in [0.4, 0.5) is 0 Å². The van der Waals surface area contributed by atoms with Crippen LogP contribution in [-0.2, 0) is 99.7 Å². The molecule has 0 radical (unpaired) electrons. The summed E-state index contributed by atoms with van der Waals surface area (Å²) in [6.07, 6.45) is -83.7. The molecule has 0 aromatic rings. The molecule has 1 unspecified atom stereocenters. The summed E-state index contributed by atoms with van der Waals surface area (Å²) in [5.74, 6) is -3.51. The van der Waals surface area contributed by atoms with Gasteiger partial charge in [0, 0.05) is 27.7 Å². The van der Waals surface area contributed by atoms with E-state index < -0.39 is 359 Å². The molecule has 4 amide bonds. The molecule has 29 N–H and O–H groups in total. The van der Waals surface area contributed by atoms with Gasteiger partial charge in [-0.05, 0) is 0 Å². The molecule has 50 nitrogen and oxygen atoms in total. The summed E-state index contributed by atoms with van der Waals surface area (Å²) in [4.78, 5) is 50.6. The molecular weight excluding hydrogens is 1540 g/mol. The van der Waals surface area contributed by atoms with Crippen molar-refractivity contribution in [2.75, 3.05) is 59.5 Å². The third-order valence-electron chi connectivity index (χ3n) is 20.3. The Morgan fingerprint density at radius 2 is 0.491 bits per heavy atom. The van der Waals surface area contributed by atoms with Crippen molar-refractivity contribution in [1.29, 1.82) is 0 Å². The molecule has 9 aliphatic heterocycles. The van der Waals surface area contributed by atoms with Gasteiger partial charge in [-0.2, -0.15) is 0 Å². The minimum atomic E-state index is -2.54. The van der Waals surface area contributed by atoms with Crippen molar-refractivity contribution in [3.05, 3.63) is 0 Å². The molecule has 0 aromatic carbocycles. The number of hydrogen-bond donors (Lipinski definition) is 29. The molecule has 50 heteroatoms. The summed E-state index contributed by atoms with van der Waals surface area (Å²) in [5, 5.41) is 285. The number of aliphatic hydroxyl groups excluding tert-OH is 25. The highest BCUT2D eigenvalue weighted by Gasteiger charge is 2.61. The quantitative estimate of drug-likeness (QED) is 0.0331. The lowest BCUT2D eigenvalue weighted by atomic mass is 9.93. The Labute approximate surface area is 634 Å². The topological polar surface area (TPSA) is 779 Å². The predicted octanol–water partition coefficient (Wildman–Crippen LogP) is -20.1. The van der Waals surface area contributed by atoms with Gasteiger partial charge in [0.2, 0.25) is 23.6 Å². The lowest BCUT2D eigenvalue weighted by molar-refractivity contribution is -0.397. The molecule has 9 fully saturated rings. The number of carbonyl (C=O) groups excluding carboxylic acids is 4. The van der Waals surface area contributed by atoms with E-state index in [1.807, 2.05) is 0 Å². The Morgan fingerprint density at radius 1 is 0.232 bits per heavy atom. The van der Waals surface area contributed by atoms with E-state index in [9.17, 15) is 147 Å². The van der Waals surface area contributed by atoms with Gasteiger partial charge in [0.15, 0.2) is 56.6 Å². The summed E-state index contributed by atoms with van der Waals surface area (Å²) >= 11 is 0. The summed E-state index contributed by atoms with van der Waals surface area (Å²) in [5.41, 5.74) is 0. The number of carbonyl (C=O) groups is 4. The Hall–Kier alpha value is -3.80. The second-order valence-electron chi connectivity index (χ2n) is 28.2. The molecule has 112 heavy (non-hydrogen) atoms. The molecule has 0 bridgehead atoms. The van der Waals surface area contributed by atoms with Crippen LogP contribution >= 0.6 is 0 Å². The van der Waals surface area contributed by atoms with Crippen LogP contribution in [-0.4, -0.2) is 487 Å². The van der Waals surface area contributed by atoms with Crippen molar-refractivity contribution < 1.29 is 227 Å². The molecule has 0 aromatic heterocycles. The van der Waals surface area contributed by atoms with Crippen molar-refractivity contribution in [3.63, 3.8) is 0 Å². The van der Waals surface area contributed by atoms with Gasteiger partial charge in [-0.25, -0.2) is 0 Å². The van der Waals surface area contributed by atoms with E-state index >= 15 is 0 Å². The molecule has 0 saturated carbocycles. The first-order chi connectivity index (χ1) is 53.0. The maximum atomic E-state index is 12.9. The second kappa shape index (κ2) is 40.3. The van der Waals surface area contributed by atoms with Crippen LogP contribution in [0.3, 0.4) is 0 Å². The SMILES string of the molecule is CC(=O)N[C@H]1[C@H](O[C@H]2[C@H](O)[C@@H](NC(C)=O)C(O)O[C@@H]2CO)O[C@H](CO)[C@@H](O[C@@H]2O[C@H](CO[C@H]3O[C@H](CO[C@@H]4O[C@H](CO)[C@@H](O[C@@H]5O[C@H](CO)[C@H](O)[C@H](O)[C@H]5O)[C@H](O)[C@H]4NC(C)=O)[C@@H](O)[C@H](O)[C@@H]3O)[C@@H](O)[C@H](O[C@H]3O[C@H](CO)[C@@H](O)[C@H](O)[C@@H]3O[C@@H]3O[C@H](CO)[C@@H](O[C@@H]4O[C@H](CO)[C@H](O)[C@H](O)[C@H]4O)[C@H](O)[C@H]3NC(C)=O)[C@@H]2O)[C@@H]1O. The minimum Gasteiger partial charge on any atom is -0.394 e. The van der Waals surface area contributed by atoms with Gasteiger partial charge in [0.05, 0.1) is 59.5 Å². The van der Waals surface area contributed by atoms with E-state index in [1.165, 1.54) is 0 Å². The lowest BCUT2D eigenvalue weighted by Crippen LogP contribution is -2.71. The number of aliphatic hydroxyl groups is 25. The zero-order chi connectivity index (χ0) is 82.5. The molecular formula is C62H104N4O46. The fraction of sp³-hybridized carbons (Fsp3) is 0.935. The Kier molecular flexibility index (Phi) is 33.1. The zero-order valence-electron chi connectivity index (χ0n) is 60.1. The van der Waals surface area contributed by atoms with E-state index in [0.717, 1.165) is 27.7 Å². The monoisotopic (exact) mass is 1640 g/mol. The number of ether oxygens (including phenoxy) is 17. The normalized spacial score (nSPS) is 48.9. The Balaban J connectivity index is 1.00. The molecule has 0 aliphatic carbocycles. The van der Waals surface area contributed by atoms with E-state index in [-0.39, 0.29) is 0 Å². The predicted molar refractivity (Wildman–Crippen MR) is 343 cm³/mol. The van der Waals surface area contributed by atoms with Gasteiger partial charge in [0.25, 0.3) is 0 Å². The Bertz CT molecular complexity index is 2970. The first-order valence-electron chi connectivity index (χ1n) is 35.6. The third kappa shape index (κ3) is 20.4. The van der Waals surface area contributed by atoms with Crippen molar-refractivity contribution in [3.8, 4) is 0 Å². The highest BCUT2D eigenvalue weighted by Crippen LogP contribution is 2.39. The van der Waals surface area contributed by atoms with E-state index in [1.54, 1.807) is 0 Å². The average molecular weight is 1640 g/mol. The van der Waals surface area contributed by atoms with Crippen LogP contribution in [0, 0.1) is 0 Å². The van der Waals surface area contributed by atoms with Crippen molar-refractivity contribution >= 4 is 23.6 Å². The molecule has 45 atom stereocenters. The highest BCUT2D eigenvalue weighted by atomic mass is 16.8. The van der Waals surface area contributed by atoms with Crippen LogP contribution in [0.1, 0.15) is 27.7 Å². The zero-order valence-corrected chi connectivity index (χ0v) is 60.1. The highest BCUT2D eigenvalue weighted by molar-refractivity contribution is 5.74. The number of hydrogen-bond acceptors (Lipinski definition) is 46. The van der Waals surface area contributed by atoms with Gasteiger partial charge in [-0.15, -0.1) is 0 Å². The van der Waals surface area contributed by atoms with Gasteiger partial charge < -0.3 is 229 Å². The largest absolute Gasteiger partial charge is 0.394 e. The molecule has 9 aliphatic rings. The van der Waals surface area contributed by atoms with Crippen molar-refractivity contribution in [2.24, 2.45) is 0 Å². The second-order valence-corrected chi connectivity index (χ2v) is 28.2. The van der Waals surface area contributed by atoms with Crippen molar-refractivity contribution in [2.45, 2.75) is 304 Å². The number of nitrogens with one attached hydrogen (secondary N) is 4. The molecule has 0 spiro atoms. The van der Waals surface area contributed by atoms with Gasteiger partial charge >= 0.3 is 0 Å². The average Bonchev–Trinajstić information content (AvgIpc) is 0.773. The number of amides is 4. The van der Waals surface area contributed by atoms with E-state index in [2.05, 4.69) is 21.3 Å². The minimum absolute atomic E-state index is 0.782. The molecule has 9 saturated heterocycles.